The van der Waals surface area contributed by atoms with Crippen molar-refractivity contribution in [3.8, 4) is 0 Å². The third kappa shape index (κ3) is 7.11. The monoisotopic (exact) mass is 171 g/mol. The van der Waals surface area contributed by atoms with Gasteiger partial charge < -0.3 is 10.8 Å². The molecule has 11 heavy (non-hydrogen) atoms. The fraction of sp³-hybridized carbons (Fsp3) is 0.800. The SMILES string of the molecule is N[C@H](CC(=O)O)CC(F)(F)F. The van der Waals surface area contributed by atoms with Crippen LogP contribution in [-0.2, 0) is 4.79 Å². The zero-order valence-electron chi connectivity index (χ0n) is 5.56. The lowest BCUT2D eigenvalue weighted by atomic mass is 10.1. The maximum atomic E-state index is 11.5. The van der Waals surface area contributed by atoms with Crippen LogP contribution in [0.25, 0.3) is 0 Å². The van der Waals surface area contributed by atoms with E-state index < -0.39 is 31.0 Å². The van der Waals surface area contributed by atoms with Crippen molar-refractivity contribution in [2.45, 2.75) is 25.1 Å². The van der Waals surface area contributed by atoms with E-state index in [2.05, 4.69) is 0 Å². The fourth-order valence-corrected chi connectivity index (χ4v) is 0.594. The third-order valence-corrected chi connectivity index (χ3v) is 0.930. The third-order valence-electron chi connectivity index (χ3n) is 0.930. The Bertz CT molecular complexity index is 145. The lowest BCUT2D eigenvalue weighted by Gasteiger charge is -2.10. The van der Waals surface area contributed by atoms with Crippen LogP contribution >= 0.6 is 0 Å². The molecule has 3 N–H and O–H groups in total. The van der Waals surface area contributed by atoms with Gasteiger partial charge in [-0.25, -0.2) is 0 Å². The van der Waals surface area contributed by atoms with E-state index in [1.807, 2.05) is 0 Å². The molecule has 0 aromatic carbocycles. The molecule has 0 aliphatic carbocycles. The van der Waals surface area contributed by atoms with Gasteiger partial charge in [0.05, 0.1) is 12.8 Å². The minimum Gasteiger partial charge on any atom is -0.481 e. The second-order valence-electron chi connectivity index (χ2n) is 2.18. The van der Waals surface area contributed by atoms with Gasteiger partial charge in [-0.3, -0.25) is 4.79 Å². The molecule has 66 valence electrons. The summed E-state index contributed by atoms with van der Waals surface area (Å²) in [4.78, 5) is 9.85. The highest BCUT2D eigenvalue weighted by Gasteiger charge is 2.30. The molecule has 0 saturated heterocycles. The van der Waals surface area contributed by atoms with Gasteiger partial charge in [0.25, 0.3) is 0 Å². The Morgan fingerprint density at radius 3 is 2.27 bits per heavy atom. The molecule has 0 rings (SSSR count). The number of alkyl halides is 3. The molecule has 6 heteroatoms. The average molecular weight is 171 g/mol. The van der Waals surface area contributed by atoms with Gasteiger partial charge in [-0.15, -0.1) is 0 Å². The molecule has 0 aromatic rings. The lowest BCUT2D eigenvalue weighted by molar-refractivity contribution is -0.145. The second kappa shape index (κ2) is 3.56. The van der Waals surface area contributed by atoms with Gasteiger partial charge in [0, 0.05) is 6.04 Å². The van der Waals surface area contributed by atoms with E-state index in [0.717, 1.165) is 0 Å². The van der Waals surface area contributed by atoms with Crippen molar-refractivity contribution in [1.29, 1.82) is 0 Å². The van der Waals surface area contributed by atoms with Crippen molar-refractivity contribution in [1.82, 2.24) is 0 Å². The zero-order valence-corrected chi connectivity index (χ0v) is 5.56. The highest BCUT2D eigenvalue weighted by atomic mass is 19.4. The number of rotatable bonds is 3. The van der Waals surface area contributed by atoms with Gasteiger partial charge in [-0.1, -0.05) is 0 Å². The number of carbonyl (C=O) groups is 1. The number of nitrogens with two attached hydrogens (primary N) is 1. The van der Waals surface area contributed by atoms with Gasteiger partial charge in [-0.05, 0) is 0 Å². The summed E-state index contributed by atoms with van der Waals surface area (Å²) in [5, 5.41) is 8.03. The topological polar surface area (TPSA) is 63.3 Å². The standard InChI is InChI=1S/C5H8F3NO2/c6-5(7,8)2-3(9)1-4(10)11/h3H,1-2,9H2,(H,10,11)/t3-/m1/s1. The van der Waals surface area contributed by atoms with Crippen LogP contribution in [0, 0.1) is 0 Å². The molecular weight excluding hydrogens is 163 g/mol. The van der Waals surface area contributed by atoms with Gasteiger partial charge in [0.15, 0.2) is 0 Å². The first-order valence-electron chi connectivity index (χ1n) is 2.85. The molecule has 0 radical (unpaired) electrons. The average Bonchev–Trinajstić information content (AvgIpc) is 1.53. The normalized spacial score (nSPS) is 14.5. The molecule has 3 nitrogen and oxygen atoms in total. The van der Waals surface area contributed by atoms with Crippen molar-refractivity contribution in [2.24, 2.45) is 5.73 Å². The molecule has 0 amide bonds. The zero-order chi connectivity index (χ0) is 9.07. The molecule has 0 unspecified atom stereocenters. The molecule has 0 aromatic heterocycles. The van der Waals surface area contributed by atoms with E-state index in [4.69, 9.17) is 10.8 Å². The fourth-order valence-electron chi connectivity index (χ4n) is 0.594. The summed E-state index contributed by atoms with van der Waals surface area (Å²) in [5.41, 5.74) is 4.86. The summed E-state index contributed by atoms with van der Waals surface area (Å²) in [7, 11) is 0. The van der Waals surface area contributed by atoms with E-state index >= 15 is 0 Å². The molecule has 0 aliphatic heterocycles. The number of hydrogen-bond donors (Lipinski definition) is 2. The van der Waals surface area contributed by atoms with E-state index in [0.29, 0.717) is 0 Å². The predicted octanol–water partition coefficient (Wildman–Crippen LogP) is 0.741. The van der Waals surface area contributed by atoms with Crippen LogP contribution < -0.4 is 5.73 Å². The Kier molecular flexibility index (Phi) is 3.31. The van der Waals surface area contributed by atoms with Crippen LogP contribution in [-0.4, -0.2) is 23.3 Å². The number of aliphatic carboxylic acids is 1. The van der Waals surface area contributed by atoms with E-state index in [1.54, 1.807) is 0 Å². The smallest absolute Gasteiger partial charge is 0.390 e. The first-order chi connectivity index (χ1) is 4.81. The molecule has 0 saturated carbocycles. The van der Waals surface area contributed by atoms with Crippen LogP contribution in [0.1, 0.15) is 12.8 Å². The lowest BCUT2D eigenvalue weighted by Crippen LogP contribution is -2.29. The van der Waals surface area contributed by atoms with Crippen molar-refractivity contribution in [3.63, 3.8) is 0 Å². The Labute approximate surface area is 61.0 Å². The van der Waals surface area contributed by atoms with Crippen LogP contribution in [0.15, 0.2) is 0 Å². The van der Waals surface area contributed by atoms with E-state index in [-0.39, 0.29) is 0 Å². The Morgan fingerprint density at radius 2 is 2.00 bits per heavy atom. The Hall–Kier alpha value is -0.780. The molecule has 0 heterocycles. The summed E-state index contributed by atoms with van der Waals surface area (Å²) in [6, 6.07) is -1.34. The van der Waals surface area contributed by atoms with Gasteiger partial charge >= 0.3 is 12.1 Å². The Balaban J connectivity index is 3.69. The summed E-state index contributed by atoms with van der Waals surface area (Å²) in [6.45, 7) is 0. The van der Waals surface area contributed by atoms with Gasteiger partial charge in [-0.2, -0.15) is 13.2 Å². The van der Waals surface area contributed by atoms with Crippen molar-refractivity contribution in [2.75, 3.05) is 0 Å². The van der Waals surface area contributed by atoms with Gasteiger partial charge in [0.1, 0.15) is 0 Å². The highest BCUT2D eigenvalue weighted by molar-refractivity contribution is 5.67. The molecule has 0 fully saturated rings. The number of hydrogen-bond acceptors (Lipinski definition) is 2. The van der Waals surface area contributed by atoms with Crippen molar-refractivity contribution < 1.29 is 23.1 Å². The minimum absolute atomic E-state index is 0.653. The summed E-state index contributed by atoms with van der Waals surface area (Å²) in [5.74, 6) is -1.32. The number of carboxylic acid groups (broad SMARTS) is 1. The number of carboxylic acids is 1. The number of halogens is 3. The van der Waals surface area contributed by atoms with E-state index in [9.17, 15) is 18.0 Å². The predicted molar refractivity (Wildman–Crippen MR) is 30.9 cm³/mol. The summed E-state index contributed by atoms with van der Waals surface area (Å²) >= 11 is 0. The second-order valence-corrected chi connectivity index (χ2v) is 2.18. The Morgan fingerprint density at radius 1 is 1.55 bits per heavy atom. The molecule has 0 aliphatic rings. The molecule has 0 spiro atoms. The summed E-state index contributed by atoms with van der Waals surface area (Å²) < 4.78 is 34.5. The largest absolute Gasteiger partial charge is 0.481 e. The summed E-state index contributed by atoms with van der Waals surface area (Å²) in [6.07, 6.45) is -6.28. The van der Waals surface area contributed by atoms with Crippen LogP contribution in [0.5, 0.6) is 0 Å². The molecule has 1 atom stereocenters. The van der Waals surface area contributed by atoms with Crippen molar-refractivity contribution in [3.05, 3.63) is 0 Å². The first-order valence-corrected chi connectivity index (χ1v) is 2.85. The maximum absolute atomic E-state index is 11.5. The van der Waals surface area contributed by atoms with Gasteiger partial charge in [0.2, 0.25) is 0 Å². The quantitative estimate of drug-likeness (QED) is 0.658. The molecular formula is C5H8F3NO2. The van der Waals surface area contributed by atoms with Crippen LogP contribution in [0.3, 0.4) is 0 Å². The van der Waals surface area contributed by atoms with E-state index in [1.165, 1.54) is 0 Å². The van der Waals surface area contributed by atoms with Crippen molar-refractivity contribution >= 4 is 5.97 Å². The first kappa shape index (κ1) is 10.2. The maximum Gasteiger partial charge on any atom is 0.390 e. The van der Waals surface area contributed by atoms with Crippen LogP contribution in [0.2, 0.25) is 0 Å². The highest BCUT2D eigenvalue weighted by Crippen LogP contribution is 2.21. The molecule has 0 bridgehead atoms. The minimum atomic E-state index is -4.38. The van der Waals surface area contributed by atoms with Crippen LogP contribution in [0.4, 0.5) is 13.2 Å².